The second-order valence-electron chi connectivity index (χ2n) is 3.61. The summed E-state index contributed by atoms with van der Waals surface area (Å²) in [4.78, 5) is 0. The third kappa shape index (κ3) is 6.41. The van der Waals surface area contributed by atoms with Gasteiger partial charge in [0.05, 0.1) is 6.10 Å². The van der Waals surface area contributed by atoms with Gasteiger partial charge in [-0.1, -0.05) is 25.8 Å². The Morgan fingerprint density at radius 1 is 1.33 bits per heavy atom. The molecule has 2 atom stereocenters. The second kappa shape index (κ2) is 7.35. The molecular formula is C11H22O. The van der Waals surface area contributed by atoms with Crippen LogP contribution in [0.25, 0.3) is 0 Å². The molecule has 2 unspecified atom stereocenters. The summed E-state index contributed by atoms with van der Waals surface area (Å²) >= 11 is 0. The Labute approximate surface area is 76.8 Å². The van der Waals surface area contributed by atoms with Crippen molar-refractivity contribution in [3.63, 3.8) is 0 Å². The van der Waals surface area contributed by atoms with E-state index >= 15 is 0 Å². The van der Waals surface area contributed by atoms with Crippen LogP contribution in [0.15, 0.2) is 12.7 Å². The third-order valence-electron chi connectivity index (χ3n) is 2.28. The van der Waals surface area contributed by atoms with Crippen molar-refractivity contribution in [2.24, 2.45) is 5.92 Å². The van der Waals surface area contributed by atoms with Gasteiger partial charge in [-0.25, -0.2) is 0 Å². The van der Waals surface area contributed by atoms with Crippen LogP contribution in [-0.2, 0) is 4.74 Å². The minimum Gasteiger partial charge on any atom is -0.382 e. The molecule has 0 fully saturated rings. The maximum Gasteiger partial charge on any atom is 0.0543 e. The van der Waals surface area contributed by atoms with E-state index in [1.807, 2.05) is 6.08 Å². The van der Waals surface area contributed by atoms with Crippen molar-refractivity contribution in [1.29, 1.82) is 0 Å². The lowest BCUT2D eigenvalue weighted by molar-refractivity contribution is 0.107. The molecule has 0 aromatic carbocycles. The van der Waals surface area contributed by atoms with E-state index in [2.05, 4.69) is 20.4 Å². The Bertz CT molecular complexity index is 110. The molecule has 0 aliphatic carbocycles. The zero-order valence-electron chi connectivity index (χ0n) is 8.68. The maximum absolute atomic E-state index is 5.17. The summed E-state index contributed by atoms with van der Waals surface area (Å²) in [6, 6.07) is 0. The van der Waals surface area contributed by atoms with Gasteiger partial charge in [0.25, 0.3) is 0 Å². The minimum atomic E-state index is 0.418. The van der Waals surface area contributed by atoms with Crippen molar-refractivity contribution in [2.75, 3.05) is 7.11 Å². The van der Waals surface area contributed by atoms with Gasteiger partial charge >= 0.3 is 0 Å². The standard InChI is InChI=1S/C11H22O/c1-5-7-10(2)8-6-9-11(3)12-4/h5,10-11H,1,6-9H2,2-4H3. The Hall–Kier alpha value is -0.300. The number of hydrogen-bond acceptors (Lipinski definition) is 1. The van der Waals surface area contributed by atoms with Crippen LogP contribution >= 0.6 is 0 Å². The van der Waals surface area contributed by atoms with Crippen LogP contribution in [0.5, 0.6) is 0 Å². The summed E-state index contributed by atoms with van der Waals surface area (Å²) in [6.45, 7) is 8.14. The van der Waals surface area contributed by atoms with Crippen LogP contribution in [0.2, 0.25) is 0 Å². The smallest absolute Gasteiger partial charge is 0.0543 e. The van der Waals surface area contributed by atoms with Gasteiger partial charge in [0.1, 0.15) is 0 Å². The molecule has 0 bridgehead atoms. The van der Waals surface area contributed by atoms with E-state index in [1.165, 1.54) is 19.3 Å². The topological polar surface area (TPSA) is 9.23 Å². The summed E-state index contributed by atoms with van der Waals surface area (Å²) in [7, 11) is 1.78. The first-order valence-electron chi connectivity index (χ1n) is 4.84. The fourth-order valence-electron chi connectivity index (χ4n) is 1.27. The molecule has 0 spiro atoms. The van der Waals surface area contributed by atoms with Gasteiger partial charge in [-0.2, -0.15) is 0 Å². The van der Waals surface area contributed by atoms with E-state index in [0.29, 0.717) is 6.10 Å². The normalized spacial score (nSPS) is 15.6. The minimum absolute atomic E-state index is 0.418. The Kier molecular flexibility index (Phi) is 7.17. The quantitative estimate of drug-likeness (QED) is 0.532. The lowest BCUT2D eigenvalue weighted by Gasteiger charge is -2.11. The van der Waals surface area contributed by atoms with Crippen molar-refractivity contribution in [1.82, 2.24) is 0 Å². The fraction of sp³-hybridized carbons (Fsp3) is 0.818. The monoisotopic (exact) mass is 170 g/mol. The number of hydrogen-bond donors (Lipinski definition) is 0. The zero-order valence-corrected chi connectivity index (χ0v) is 8.68. The lowest BCUT2D eigenvalue weighted by atomic mass is 10.00. The second-order valence-corrected chi connectivity index (χ2v) is 3.61. The Morgan fingerprint density at radius 2 is 2.00 bits per heavy atom. The summed E-state index contributed by atoms with van der Waals surface area (Å²) in [5, 5.41) is 0. The molecule has 0 saturated carbocycles. The number of ether oxygens (including phenoxy) is 1. The molecule has 0 heterocycles. The predicted molar refractivity (Wildman–Crippen MR) is 54.3 cm³/mol. The van der Waals surface area contributed by atoms with E-state index in [9.17, 15) is 0 Å². The summed E-state index contributed by atoms with van der Waals surface area (Å²) in [5.74, 6) is 0.784. The van der Waals surface area contributed by atoms with Crippen LogP contribution in [-0.4, -0.2) is 13.2 Å². The first-order chi connectivity index (χ1) is 5.70. The molecule has 0 amide bonds. The SMILES string of the molecule is C=CCC(C)CCCC(C)OC. The van der Waals surface area contributed by atoms with Gasteiger partial charge in [0.15, 0.2) is 0 Å². The van der Waals surface area contributed by atoms with Crippen LogP contribution < -0.4 is 0 Å². The number of rotatable bonds is 7. The molecule has 0 aromatic rings. The van der Waals surface area contributed by atoms with Crippen molar-refractivity contribution < 1.29 is 4.74 Å². The van der Waals surface area contributed by atoms with Gasteiger partial charge in [-0.3, -0.25) is 0 Å². The largest absolute Gasteiger partial charge is 0.382 e. The molecule has 0 radical (unpaired) electrons. The number of allylic oxidation sites excluding steroid dienone is 1. The van der Waals surface area contributed by atoms with E-state index in [-0.39, 0.29) is 0 Å². The highest BCUT2D eigenvalue weighted by atomic mass is 16.5. The molecular weight excluding hydrogens is 148 g/mol. The van der Waals surface area contributed by atoms with Crippen molar-refractivity contribution in [2.45, 2.75) is 45.6 Å². The van der Waals surface area contributed by atoms with Gasteiger partial charge < -0.3 is 4.74 Å². The highest BCUT2D eigenvalue weighted by Crippen LogP contribution is 2.13. The molecule has 0 N–H and O–H groups in total. The van der Waals surface area contributed by atoms with Crippen LogP contribution in [0.1, 0.15) is 39.5 Å². The Balaban J connectivity index is 3.23. The van der Waals surface area contributed by atoms with Gasteiger partial charge in [-0.15, -0.1) is 6.58 Å². The molecule has 1 nitrogen and oxygen atoms in total. The summed E-state index contributed by atoms with van der Waals surface area (Å²) < 4.78 is 5.17. The Morgan fingerprint density at radius 3 is 2.50 bits per heavy atom. The molecule has 0 aliphatic rings. The van der Waals surface area contributed by atoms with E-state index < -0.39 is 0 Å². The lowest BCUT2D eigenvalue weighted by Crippen LogP contribution is -2.05. The van der Waals surface area contributed by atoms with Crippen molar-refractivity contribution in [3.8, 4) is 0 Å². The highest BCUT2D eigenvalue weighted by Gasteiger charge is 2.02. The van der Waals surface area contributed by atoms with E-state index in [1.54, 1.807) is 7.11 Å². The molecule has 0 aliphatic heterocycles. The molecule has 72 valence electrons. The van der Waals surface area contributed by atoms with Crippen molar-refractivity contribution >= 4 is 0 Å². The first kappa shape index (κ1) is 11.7. The highest BCUT2D eigenvalue weighted by molar-refractivity contribution is 4.70. The molecule has 0 saturated heterocycles. The summed E-state index contributed by atoms with van der Waals surface area (Å²) in [6.07, 6.45) is 7.30. The average molecular weight is 170 g/mol. The van der Waals surface area contributed by atoms with E-state index in [4.69, 9.17) is 4.74 Å². The average Bonchev–Trinajstić information content (AvgIpc) is 2.04. The maximum atomic E-state index is 5.17. The fourth-order valence-corrected chi connectivity index (χ4v) is 1.27. The third-order valence-corrected chi connectivity index (χ3v) is 2.28. The predicted octanol–water partition coefficient (Wildman–Crippen LogP) is 3.40. The van der Waals surface area contributed by atoms with Gasteiger partial charge in [0.2, 0.25) is 0 Å². The van der Waals surface area contributed by atoms with Gasteiger partial charge in [0, 0.05) is 7.11 Å². The van der Waals surface area contributed by atoms with Crippen LogP contribution in [0, 0.1) is 5.92 Å². The molecule has 12 heavy (non-hydrogen) atoms. The van der Waals surface area contributed by atoms with Crippen LogP contribution in [0.3, 0.4) is 0 Å². The number of methoxy groups -OCH3 is 1. The zero-order chi connectivity index (χ0) is 9.40. The summed E-state index contributed by atoms with van der Waals surface area (Å²) in [5.41, 5.74) is 0. The first-order valence-corrected chi connectivity index (χ1v) is 4.84. The molecule has 0 rings (SSSR count). The van der Waals surface area contributed by atoms with Crippen molar-refractivity contribution in [3.05, 3.63) is 12.7 Å². The molecule has 0 aromatic heterocycles. The molecule has 1 heteroatoms. The van der Waals surface area contributed by atoms with E-state index in [0.717, 1.165) is 12.3 Å². The van der Waals surface area contributed by atoms with Gasteiger partial charge in [-0.05, 0) is 25.7 Å². The van der Waals surface area contributed by atoms with Crippen LogP contribution in [0.4, 0.5) is 0 Å².